The molecule has 0 saturated carbocycles. The highest BCUT2D eigenvalue weighted by Gasteiger charge is 2.17. The Bertz CT molecular complexity index is 1320. The average molecular weight is 542 g/mol. The topological polar surface area (TPSA) is 88.9 Å². The van der Waals surface area contributed by atoms with Crippen molar-refractivity contribution in [2.45, 2.75) is 19.9 Å². The summed E-state index contributed by atoms with van der Waals surface area (Å²) in [6.07, 6.45) is 0.0753. The van der Waals surface area contributed by atoms with Crippen LogP contribution in [0.2, 0.25) is 0 Å². The molecule has 1 saturated heterocycles. The van der Waals surface area contributed by atoms with Crippen LogP contribution in [0, 0.1) is 11.6 Å². The molecule has 1 aliphatic heterocycles. The number of nitrogens with zero attached hydrogens (tertiary/aromatic N) is 4. The van der Waals surface area contributed by atoms with Gasteiger partial charge in [0.05, 0.1) is 25.5 Å². The minimum Gasteiger partial charge on any atom is -0.488 e. The van der Waals surface area contributed by atoms with E-state index in [0.717, 1.165) is 44.9 Å². The fourth-order valence-corrected chi connectivity index (χ4v) is 4.30. The van der Waals surface area contributed by atoms with Crippen LogP contribution < -0.4 is 15.6 Å². The molecular weight excluding hydrogens is 508 g/mol. The number of ether oxygens (including phenoxy) is 2. The molecule has 0 radical (unpaired) electrons. The molecule has 9 nitrogen and oxygen atoms in total. The molecule has 1 aliphatic rings. The van der Waals surface area contributed by atoms with Crippen molar-refractivity contribution >= 4 is 11.8 Å². The molecule has 0 atom stereocenters. The lowest BCUT2D eigenvalue weighted by Gasteiger charge is -2.32. The van der Waals surface area contributed by atoms with Gasteiger partial charge >= 0.3 is 6.09 Å². The van der Waals surface area contributed by atoms with Gasteiger partial charge in [0.15, 0.2) is 17.4 Å². The van der Waals surface area contributed by atoms with E-state index in [9.17, 15) is 18.4 Å². The predicted molar refractivity (Wildman–Crippen MR) is 144 cm³/mol. The third-order valence-corrected chi connectivity index (χ3v) is 6.40. The van der Waals surface area contributed by atoms with E-state index < -0.39 is 23.5 Å². The summed E-state index contributed by atoms with van der Waals surface area (Å²) in [5.41, 5.74) is 1.21. The first-order chi connectivity index (χ1) is 18.8. The lowest BCUT2D eigenvalue weighted by molar-refractivity contribution is 0.144. The first-order valence-corrected chi connectivity index (χ1v) is 13.0. The Morgan fingerprint density at radius 2 is 1.79 bits per heavy atom. The Kier molecular flexibility index (Phi) is 9.61. The molecule has 11 heteroatoms. The monoisotopic (exact) mass is 541 g/mol. The highest BCUT2D eigenvalue weighted by molar-refractivity contribution is 5.84. The lowest BCUT2D eigenvalue weighted by atomic mass is 10.1. The number of piperazine rings is 1. The summed E-state index contributed by atoms with van der Waals surface area (Å²) in [6, 6.07) is 11.9. The van der Waals surface area contributed by atoms with E-state index in [2.05, 4.69) is 27.3 Å². The molecular formula is C28H33F2N5O4. The second kappa shape index (κ2) is 13.3. The van der Waals surface area contributed by atoms with Crippen molar-refractivity contribution in [1.82, 2.24) is 19.6 Å². The maximum absolute atomic E-state index is 14.8. The highest BCUT2D eigenvalue weighted by atomic mass is 19.1. The molecule has 0 spiro atoms. The maximum atomic E-state index is 14.8. The van der Waals surface area contributed by atoms with Crippen LogP contribution in [0.1, 0.15) is 18.9 Å². The van der Waals surface area contributed by atoms with Gasteiger partial charge in [-0.05, 0) is 56.3 Å². The van der Waals surface area contributed by atoms with Crippen LogP contribution in [-0.4, -0.2) is 78.7 Å². The van der Waals surface area contributed by atoms with E-state index in [0.29, 0.717) is 17.7 Å². The third kappa shape index (κ3) is 7.84. The van der Waals surface area contributed by atoms with Gasteiger partial charge in [0.2, 0.25) is 0 Å². The van der Waals surface area contributed by atoms with Crippen molar-refractivity contribution in [2.24, 2.45) is 0 Å². The van der Waals surface area contributed by atoms with Gasteiger partial charge in [0.25, 0.3) is 5.56 Å². The van der Waals surface area contributed by atoms with Gasteiger partial charge in [-0.15, -0.1) is 0 Å². The Morgan fingerprint density at radius 1 is 1.05 bits per heavy atom. The predicted octanol–water partition coefficient (Wildman–Crippen LogP) is 3.82. The molecule has 4 rings (SSSR count). The molecule has 1 aromatic heterocycles. The fourth-order valence-electron chi connectivity index (χ4n) is 4.30. The molecule has 0 bridgehead atoms. The zero-order valence-electron chi connectivity index (χ0n) is 22.2. The fraction of sp³-hybridized carbons (Fsp3) is 0.393. The molecule has 39 heavy (non-hydrogen) atoms. The highest BCUT2D eigenvalue weighted by Crippen LogP contribution is 2.28. The first-order valence-electron chi connectivity index (χ1n) is 13.0. The largest absolute Gasteiger partial charge is 0.488 e. The Balaban J connectivity index is 1.41. The van der Waals surface area contributed by atoms with Crippen LogP contribution in [0.4, 0.5) is 19.3 Å². The zero-order valence-corrected chi connectivity index (χ0v) is 22.2. The lowest BCUT2D eigenvalue weighted by Crippen LogP contribution is -2.44. The summed E-state index contributed by atoms with van der Waals surface area (Å²) in [7, 11) is 2.09. The second-order valence-electron chi connectivity index (χ2n) is 9.38. The molecule has 3 aromatic rings. The minimum absolute atomic E-state index is 0.0878. The Labute approximate surface area is 225 Å². The number of benzene rings is 2. The van der Waals surface area contributed by atoms with Crippen molar-refractivity contribution in [3.05, 3.63) is 76.1 Å². The van der Waals surface area contributed by atoms with Gasteiger partial charge in [0.1, 0.15) is 0 Å². The van der Waals surface area contributed by atoms with E-state index >= 15 is 0 Å². The zero-order chi connectivity index (χ0) is 27.8. The smallest absolute Gasteiger partial charge is 0.411 e. The van der Waals surface area contributed by atoms with Crippen molar-refractivity contribution < 1.29 is 23.0 Å². The molecule has 1 amide bonds. The second-order valence-corrected chi connectivity index (χ2v) is 9.38. The van der Waals surface area contributed by atoms with E-state index in [1.54, 1.807) is 31.2 Å². The number of hydrogen-bond acceptors (Lipinski definition) is 7. The summed E-state index contributed by atoms with van der Waals surface area (Å²) in [6.45, 7) is 6.99. The molecule has 2 aromatic carbocycles. The van der Waals surface area contributed by atoms with Gasteiger partial charge in [-0.25, -0.2) is 18.3 Å². The molecule has 208 valence electrons. The van der Waals surface area contributed by atoms with Crippen LogP contribution >= 0.6 is 0 Å². The van der Waals surface area contributed by atoms with Gasteiger partial charge < -0.3 is 19.3 Å². The summed E-state index contributed by atoms with van der Waals surface area (Å²) < 4.78 is 41.2. The van der Waals surface area contributed by atoms with Crippen LogP contribution in [0.15, 0.2) is 53.3 Å². The summed E-state index contributed by atoms with van der Waals surface area (Å²) in [5, 5.41) is 6.92. The van der Waals surface area contributed by atoms with Crippen molar-refractivity contribution in [2.75, 3.05) is 58.3 Å². The third-order valence-electron chi connectivity index (χ3n) is 6.40. The quantitative estimate of drug-likeness (QED) is 0.391. The van der Waals surface area contributed by atoms with E-state index in [4.69, 9.17) is 9.47 Å². The summed E-state index contributed by atoms with van der Waals surface area (Å²) in [4.78, 5) is 28.7. The molecule has 0 unspecified atom stereocenters. The van der Waals surface area contributed by atoms with Crippen LogP contribution in [0.5, 0.6) is 5.75 Å². The molecule has 0 aliphatic carbocycles. The average Bonchev–Trinajstić information content (AvgIpc) is 2.90. The number of nitrogens with one attached hydrogen (secondary N) is 1. The first kappa shape index (κ1) is 28.2. The van der Waals surface area contributed by atoms with Crippen LogP contribution in [0.3, 0.4) is 0 Å². The summed E-state index contributed by atoms with van der Waals surface area (Å²) in [5.74, 6) is -2.08. The number of carbonyl (C=O) groups excluding carboxylic acids is 1. The van der Waals surface area contributed by atoms with Crippen molar-refractivity contribution in [3.8, 4) is 17.0 Å². The Morgan fingerprint density at radius 3 is 2.51 bits per heavy atom. The molecule has 1 fully saturated rings. The number of carbonyl (C=O) groups is 1. The van der Waals surface area contributed by atoms with E-state index in [1.165, 1.54) is 16.8 Å². The number of aromatic nitrogens is 2. The minimum atomic E-state index is -0.832. The molecule has 2 heterocycles. The molecule has 1 N–H and O–H groups in total. The SMILES string of the molecule is CCOC(=O)Nc1cccc(Cn2nc(-c3cc(F)c(OCCCN4CCN(C)CC4)c(F)c3)ccc2=O)c1. The number of rotatable bonds is 10. The van der Waals surface area contributed by atoms with Gasteiger partial charge in [-0.1, -0.05) is 12.1 Å². The van der Waals surface area contributed by atoms with Gasteiger partial charge in [0, 0.05) is 50.0 Å². The maximum Gasteiger partial charge on any atom is 0.411 e. The number of anilines is 1. The number of halogens is 2. The number of hydrogen-bond donors (Lipinski definition) is 1. The van der Waals surface area contributed by atoms with Crippen LogP contribution in [0.25, 0.3) is 11.3 Å². The normalized spacial score (nSPS) is 14.3. The van der Waals surface area contributed by atoms with Crippen LogP contribution in [-0.2, 0) is 11.3 Å². The summed E-state index contributed by atoms with van der Waals surface area (Å²) >= 11 is 0. The van der Waals surface area contributed by atoms with Crippen molar-refractivity contribution in [3.63, 3.8) is 0 Å². The van der Waals surface area contributed by atoms with Gasteiger partial charge in [-0.3, -0.25) is 10.1 Å². The van der Waals surface area contributed by atoms with Gasteiger partial charge in [-0.2, -0.15) is 5.10 Å². The number of likely N-dealkylation sites (N-methyl/N-ethyl adjacent to an activating group) is 1. The standard InChI is InChI=1S/C28H33F2N5O4/c1-3-38-28(37)31-22-7-4-6-20(16-22)19-35-26(36)9-8-25(32-35)21-17-23(29)27(24(30)18-21)39-15-5-10-34-13-11-33(2)12-14-34/h4,6-9,16-18H,3,5,10-15,19H2,1-2H3,(H,31,37). The number of amides is 1. The van der Waals surface area contributed by atoms with E-state index in [1.807, 2.05) is 0 Å². The van der Waals surface area contributed by atoms with Crippen molar-refractivity contribution in [1.29, 1.82) is 0 Å². The Hall–Kier alpha value is -3.83. The van der Waals surface area contributed by atoms with E-state index in [-0.39, 0.29) is 36.6 Å².